The summed E-state index contributed by atoms with van der Waals surface area (Å²) in [6.07, 6.45) is 0.346. The Morgan fingerprint density at radius 2 is 1.27 bits per heavy atom. The summed E-state index contributed by atoms with van der Waals surface area (Å²) in [6.45, 7) is 0.338. The van der Waals surface area contributed by atoms with Crippen LogP contribution in [-0.4, -0.2) is 75.7 Å². The summed E-state index contributed by atoms with van der Waals surface area (Å²) in [5, 5.41) is 35.6. The summed E-state index contributed by atoms with van der Waals surface area (Å²) < 4.78 is 0. The highest BCUT2D eigenvalue weighted by molar-refractivity contribution is 5.95. The quantitative estimate of drug-likeness (QED) is 0.115. The van der Waals surface area contributed by atoms with Gasteiger partial charge in [-0.1, -0.05) is 42.5 Å². The monoisotopic (exact) mass is 571 g/mol. The van der Waals surface area contributed by atoms with E-state index in [1.807, 2.05) is 0 Å². The van der Waals surface area contributed by atoms with Crippen LogP contribution in [0.3, 0.4) is 0 Å². The number of phenolic OH excluding ortho intramolecular Hbond substituents is 1. The zero-order valence-electron chi connectivity index (χ0n) is 22.5. The first-order chi connectivity index (χ1) is 19.5. The molecule has 0 fully saturated rings. The van der Waals surface area contributed by atoms with E-state index in [-0.39, 0.29) is 25.0 Å². The van der Waals surface area contributed by atoms with E-state index >= 15 is 0 Å². The van der Waals surface area contributed by atoms with Crippen molar-refractivity contribution in [2.75, 3.05) is 6.54 Å². The van der Waals surface area contributed by atoms with Gasteiger partial charge in [0, 0.05) is 6.42 Å². The third kappa shape index (κ3) is 11.6. The first-order valence-corrected chi connectivity index (χ1v) is 13.1. The third-order valence-electron chi connectivity index (χ3n) is 6.22. The second-order valence-corrected chi connectivity index (χ2v) is 9.57. The van der Waals surface area contributed by atoms with Crippen LogP contribution in [0.2, 0.25) is 0 Å². The third-order valence-corrected chi connectivity index (χ3v) is 6.22. The second-order valence-electron chi connectivity index (χ2n) is 9.57. The van der Waals surface area contributed by atoms with Crippen molar-refractivity contribution in [3.8, 4) is 5.75 Å². The van der Waals surface area contributed by atoms with Gasteiger partial charge < -0.3 is 42.7 Å². The number of aliphatic carboxylic acids is 2. The maximum absolute atomic E-state index is 13.2. The van der Waals surface area contributed by atoms with E-state index in [4.69, 9.17) is 11.5 Å². The molecule has 4 unspecified atom stereocenters. The van der Waals surface area contributed by atoms with E-state index in [1.165, 1.54) is 12.1 Å². The molecule has 4 atom stereocenters. The van der Waals surface area contributed by atoms with Crippen molar-refractivity contribution in [3.05, 3.63) is 65.7 Å². The maximum Gasteiger partial charge on any atom is 0.326 e. The fourth-order valence-electron chi connectivity index (χ4n) is 4.00. The van der Waals surface area contributed by atoms with Crippen LogP contribution in [0.25, 0.3) is 0 Å². The molecule has 0 aromatic heterocycles. The van der Waals surface area contributed by atoms with Crippen LogP contribution in [0.15, 0.2) is 54.6 Å². The van der Waals surface area contributed by atoms with Gasteiger partial charge in [0.15, 0.2) is 0 Å². The Labute approximate surface area is 237 Å². The van der Waals surface area contributed by atoms with Gasteiger partial charge in [-0.2, -0.15) is 0 Å². The van der Waals surface area contributed by atoms with Gasteiger partial charge in [0.25, 0.3) is 0 Å². The molecule has 3 amide bonds. The largest absolute Gasteiger partial charge is 0.508 e. The van der Waals surface area contributed by atoms with Crippen LogP contribution in [0, 0.1) is 0 Å². The summed E-state index contributed by atoms with van der Waals surface area (Å²) in [5.41, 5.74) is 12.9. The molecule has 13 heteroatoms. The number of rotatable bonds is 17. The second kappa shape index (κ2) is 16.6. The first-order valence-electron chi connectivity index (χ1n) is 13.1. The SMILES string of the molecule is NCCCCC(NC(=O)C(N)Cc1ccc(O)cc1)C(=O)NC(CC(=O)O)C(=O)NC(Cc1ccccc1)C(=O)O. The summed E-state index contributed by atoms with van der Waals surface area (Å²) in [6, 6.07) is 9.43. The smallest absolute Gasteiger partial charge is 0.326 e. The molecule has 0 saturated heterocycles. The minimum Gasteiger partial charge on any atom is -0.508 e. The number of nitrogens with two attached hydrogens (primary N) is 2. The summed E-state index contributed by atoms with van der Waals surface area (Å²) in [5.74, 6) is -5.17. The Morgan fingerprint density at radius 1 is 0.707 bits per heavy atom. The van der Waals surface area contributed by atoms with Gasteiger partial charge in [0.1, 0.15) is 23.9 Å². The van der Waals surface area contributed by atoms with Crippen LogP contribution in [0.5, 0.6) is 5.75 Å². The van der Waals surface area contributed by atoms with E-state index in [2.05, 4.69) is 16.0 Å². The zero-order chi connectivity index (χ0) is 30.4. The number of phenols is 1. The van der Waals surface area contributed by atoms with Crippen LogP contribution in [0.4, 0.5) is 0 Å². The Kier molecular flexibility index (Phi) is 13.2. The number of carboxylic acid groups (broad SMARTS) is 2. The molecule has 2 rings (SSSR count). The number of carbonyl (C=O) groups excluding carboxylic acids is 3. The Morgan fingerprint density at radius 3 is 1.85 bits per heavy atom. The van der Waals surface area contributed by atoms with Crippen molar-refractivity contribution < 1.29 is 39.3 Å². The molecule has 0 aliphatic heterocycles. The number of carboxylic acids is 2. The predicted molar refractivity (Wildman–Crippen MR) is 149 cm³/mol. The lowest BCUT2D eigenvalue weighted by Crippen LogP contribution is -2.57. The molecular formula is C28H37N5O8. The molecule has 0 saturated carbocycles. The van der Waals surface area contributed by atoms with Crippen molar-refractivity contribution in [3.63, 3.8) is 0 Å². The highest BCUT2D eigenvalue weighted by Gasteiger charge is 2.31. The summed E-state index contributed by atoms with van der Waals surface area (Å²) in [4.78, 5) is 62.3. The molecular weight excluding hydrogens is 534 g/mol. The number of amides is 3. The number of nitrogens with one attached hydrogen (secondary N) is 3. The molecule has 222 valence electrons. The predicted octanol–water partition coefficient (Wildman–Crippen LogP) is -0.353. The number of hydrogen-bond donors (Lipinski definition) is 8. The van der Waals surface area contributed by atoms with E-state index in [0.717, 1.165) is 0 Å². The maximum atomic E-state index is 13.2. The molecule has 0 radical (unpaired) electrons. The van der Waals surface area contributed by atoms with Gasteiger partial charge in [-0.05, 0) is 55.5 Å². The molecule has 41 heavy (non-hydrogen) atoms. The average Bonchev–Trinajstić information content (AvgIpc) is 2.93. The number of benzene rings is 2. The van der Waals surface area contributed by atoms with Crippen LogP contribution < -0.4 is 27.4 Å². The lowest BCUT2D eigenvalue weighted by Gasteiger charge is -2.25. The van der Waals surface area contributed by atoms with Gasteiger partial charge in [0.05, 0.1) is 12.5 Å². The first kappa shape index (κ1) is 32.7. The Hall–Kier alpha value is -4.49. The van der Waals surface area contributed by atoms with Crippen molar-refractivity contribution in [2.45, 2.75) is 62.7 Å². The fraction of sp³-hybridized carbons (Fsp3) is 0.393. The molecule has 13 nitrogen and oxygen atoms in total. The molecule has 0 bridgehead atoms. The minimum atomic E-state index is -1.61. The lowest BCUT2D eigenvalue weighted by molar-refractivity contribution is -0.143. The van der Waals surface area contributed by atoms with Crippen LogP contribution in [-0.2, 0) is 36.8 Å². The fourth-order valence-corrected chi connectivity index (χ4v) is 4.00. The molecule has 0 aliphatic carbocycles. The van der Waals surface area contributed by atoms with E-state index in [0.29, 0.717) is 30.5 Å². The number of unbranched alkanes of at least 4 members (excludes halogenated alkanes) is 1. The average molecular weight is 572 g/mol. The van der Waals surface area contributed by atoms with E-state index in [1.54, 1.807) is 42.5 Å². The standard InChI is InChI=1S/C28H37N5O8/c29-13-5-4-8-21(31-25(37)20(30)14-18-9-11-19(34)12-10-18)26(38)32-22(16-24(35)36)27(39)33-23(28(40)41)15-17-6-2-1-3-7-17/h1-3,6-7,9-12,20-23,34H,4-5,8,13-16,29-30H2,(H,31,37)(H,32,38)(H,33,39)(H,35,36)(H,40,41). The van der Waals surface area contributed by atoms with Crippen molar-refractivity contribution in [1.29, 1.82) is 0 Å². The van der Waals surface area contributed by atoms with E-state index < -0.39 is 60.2 Å². The zero-order valence-corrected chi connectivity index (χ0v) is 22.5. The normalized spacial score (nSPS) is 13.7. The van der Waals surface area contributed by atoms with Gasteiger partial charge in [-0.3, -0.25) is 19.2 Å². The van der Waals surface area contributed by atoms with Crippen molar-refractivity contribution in [1.82, 2.24) is 16.0 Å². The van der Waals surface area contributed by atoms with Crippen molar-refractivity contribution >= 4 is 29.7 Å². The van der Waals surface area contributed by atoms with Gasteiger partial charge >= 0.3 is 11.9 Å². The molecule has 0 aliphatic rings. The van der Waals surface area contributed by atoms with Crippen LogP contribution >= 0.6 is 0 Å². The van der Waals surface area contributed by atoms with E-state index in [9.17, 15) is 39.3 Å². The molecule has 0 heterocycles. The molecule has 2 aromatic rings. The molecule has 2 aromatic carbocycles. The van der Waals surface area contributed by atoms with Crippen LogP contribution in [0.1, 0.15) is 36.8 Å². The van der Waals surface area contributed by atoms with Crippen molar-refractivity contribution in [2.24, 2.45) is 11.5 Å². The van der Waals surface area contributed by atoms with Gasteiger partial charge in [-0.15, -0.1) is 0 Å². The Balaban J connectivity index is 2.13. The lowest BCUT2D eigenvalue weighted by atomic mass is 10.0. The number of carbonyl (C=O) groups is 5. The Bertz CT molecular complexity index is 1180. The minimum absolute atomic E-state index is 0.0538. The topological polar surface area (TPSA) is 234 Å². The summed E-state index contributed by atoms with van der Waals surface area (Å²) >= 11 is 0. The highest BCUT2D eigenvalue weighted by Crippen LogP contribution is 2.12. The molecule has 0 spiro atoms. The number of aromatic hydroxyl groups is 1. The van der Waals surface area contributed by atoms with Gasteiger partial charge in [0.2, 0.25) is 17.7 Å². The van der Waals surface area contributed by atoms with Gasteiger partial charge in [-0.25, -0.2) is 4.79 Å². The highest BCUT2D eigenvalue weighted by atomic mass is 16.4. The number of hydrogen-bond acceptors (Lipinski definition) is 8. The summed E-state index contributed by atoms with van der Waals surface area (Å²) in [7, 11) is 0. The molecule has 10 N–H and O–H groups in total.